The predicted octanol–water partition coefficient (Wildman–Crippen LogP) is -1.33. The first-order valence-electron chi connectivity index (χ1n) is 5.33. The molecule has 1 aliphatic heterocycles. The van der Waals surface area contributed by atoms with Crippen molar-refractivity contribution in [3.8, 4) is 0 Å². The summed E-state index contributed by atoms with van der Waals surface area (Å²) in [6.07, 6.45) is 0.192. The number of rotatable bonds is 2. The minimum absolute atomic E-state index is 0. The van der Waals surface area contributed by atoms with Crippen LogP contribution >= 0.6 is 11.6 Å². The van der Waals surface area contributed by atoms with Gasteiger partial charge in [0.2, 0.25) is 0 Å². The number of anilines is 1. The first-order chi connectivity index (χ1) is 8.70. The van der Waals surface area contributed by atoms with Crippen molar-refractivity contribution in [3.05, 3.63) is 22.7 Å². The molecule has 0 saturated carbocycles. The molecule has 1 heterocycles. The van der Waals surface area contributed by atoms with Crippen LogP contribution in [-0.4, -0.2) is 24.6 Å². The Bertz CT molecular complexity index is 679. The van der Waals surface area contributed by atoms with Crippen molar-refractivity contribution >= 4 is 39.0 Å². The summed E-state index contributed by atoms with van der Waals surface area (Å²) in [7, 11) is -4.59. The van der Waals surface area contributed by atoms with Crippen molar-refractivity contribution in [3.63, 3.8) is 0 Å². The molecule has 20 heavy (non-hydrogen) atoms. The van der Waals surface area contributed by atoms with Crippen molar-refractivity contribution in [1.82, 2.24) is 0 Å². The maximum Gasteiger partial charge on any atom is 1.00 e. The number of carbonyl (C=O) groups is 1. The van der Waals surface area contributed by atoms with E-state index in [0.29, 0.717) is 17.0 Å². The van der Waals surface area contributed by atoms with Crippen LogP contribution < -0.4 is 34.6 Å². The van der Waals surface area contributed by atoms with Crippen LogP contribution in [0.5, 0.6) is 0 Å². The average molecular weight is 325 g/mol. The van der Waals surface area contributed by atoms with Gasteiger partial charge >= 0.3 is 29.6 Å². The van der Waals surface area contributed by atoms with Crippen LogP contribution in [0, 0.1) is 6.92 Å². The molecular formula is C11H10ClN2NaO4S. The van der Waals surface area contributed by atoms with Crippen LogP contribution in [0.3, 0.4) is 0 Å². The van der Waals surface area contributed by atoms with Crippen LogP contribution in [0.4, 0.5) is 5.69 Å². The largest absolute Gasteiger partial charge is 1.00 e. The molecule has 0 spiro atoms. The van der Waals surface area contributed by atoms with Crippen molar-refractivity contribution in [1.29, 1.82) is 0 Å². The van der Waals surface area contributed by atoms with Gasteiger partial charge in [-0.2, -0.15) is 10.1 Å². The quantitative estimate of drug-likeness (QED) is 0.498. The van der Waals surface area contributed by atoms with E-state index in [1.165, 1.54) is 6.07 Å². The molecule has 0 saturated heterocycles. The fourth-order valence-electron chi connectivity index (χ4n) is 1.85. The van der Waals surface area contributed by atoms with E-state index < -0.39 is 15.0 Å². The Morgan fingerprint density at radius 1 is 1.35 bits per heavy atom. The molecule has 6 nitrogen and oxygen atoms in total. The van der Waals surface area contributed by atoms with E-state index in [4.69, 9.17) is 11.6 Å². The van der Waals surface area contributed by atoms with Crippen molar-refractivity contribution in [2.24, 2.45) is 5.10 Å². The van der Waals surface area contributed by atoms with Crippen LogP contribution in [0.2, 0.25) is 5.02 Å². The van der Waals surface area contributed by atoms with Gasteiger partial charge in [-0.3, -0.25) is 4.79 Å². The normalized spacial score (nSPS) is 15.1. The van der Waals surface area contributed by atoms with E-state index >= 15 is 0 Å². The number of halogens is 1. The molecule has 0 atom stereocenters. The molecule has 0 unspecified atom stereocenters. The molecule has 0 aliphatic carbocycles. The molecule has 0 bridgehead atoms. The summed E-state index contributed by atoms with van der Waals surface area (Å²) < 4.78 is 32.9. The molecule has 1 aromatic rings. The molecule has 1 amide bonds. The Morgan fingerprint density at radius 3 is 2.35 bits per heavy atom. The van der Waals surface area contributed by atoms with Gasteiger partial charge in [0.15, 0.2) is 0 Å². The van der Waals surface area contributed by atoms with Crippen LogP contribution in [0.15, 0.2) is 22.1 Å². The van der Waals surface area contributed by atoms with Gasteiger partial charge in [-0.25, -0.2) is 8.42 Å². The average Bonchev–Trinajstić information content (AvgIpc) is 2.55. The van der Waals surface area contributed by atoms with Gasteiger partial charge < -0.3 is 4.55 Å². The maximum atomic E-state index is 11.7. The molecule has 9 heteroatoms. The standard InChI is InChI=1S/C11H11ClN2O4S.Na/c1-6-3-8(19(16,17)18)5-9(12)11(6)14-10(15)4-7(2)13-14;/h3,5H,4H2,1-2H3,(H,16,17,18);/q;+1/p-1. The number of hydrogen-bond acceptors (Lipinski definition) is 5. The van der Waals surface area contributed by atoms with Gasteiger partial charge in [-0.15, -0.1) is 0 Å². The number of carbonyl (C=O) groups excluding carboxylic acids is 1. The van der Waals surface area contributed by atoms with E-state index in [0.717, 1.165) is 11.1 Å². The topological polar surface area (TPSA) is 89.9 Å². The van der Waals surface area contributed by atoms with Crippen LogP contribution in [0.25, 0.3) is 0 Å². The van der Waals surface area contributed by atoms with E-state index in [2.05, 4.69) is 5.10 Å². The summed E-state index contributed by atoms with van der Waals surface area (Å²) in [5.41, 5.74) is 1.34. The minimum Gasteiger partial charge on any atom is -0.744 e. The number of benzene rings is 1. The van der Waals surface area contributed by atoms with Crippen molar-refractivity contribution in [2.75, 3.05) is 5.01 Å². The van der Waals surface area contributed by atoms with Gasteiger partial charge in [-0.1, -0.05) is 11.6 Å². The molecular weight excluding hydrogens is 315 g/mol. The van der Waals surface area contributed by atoms with Crippen molar-refractivity contribution < 1.29 is 47.3 Å². The second kappa shape index (κ2) is 6.13. The number of hydrogen-bond donors (Lipinski definition) is 0. The molecule has 2 rings (SSSR count). The predicted molar refractivity (Wildman–Crippen MR) is 69.4 cm³/mol. The molecule has 0 radical (unpaired) electrons. The smallest absolute Gasteiger partial charge is 0.744 e. The van der Waals surface area contributed by atoms with Gasteiger partial charge in [-0.05, 0) is 31.5 Å². The number of hydrazone groups is 1. The maximum absolute atomic E-state index is 11.7. The summed E-state index contributed by atoms with van der Waals surface area (Å²) in [6, 6.07) is 2.21. The Kier molecular flexibility index (Phi) is 5.40. The second-order valence-electron chi connectivity index (χ2n) is 4.24. The fourth-order valence-corrected chi connectivity index (χ4v) is 2.84. The first-order valence-corrected chi connectivity index (χ1v) is 7.12. The number of amides is 1. The Labute approximate surface area is 143 Å². The zero-order valence-corrected chi connectivity index (χ0v) is 14.7. The Morgan fingerprint density at radius 2 is 1.95 bits per heavy atom. The SMILES string of the molecule is CC1=NN(c2c(C)cc(S(=O)(=O)[O-])cc2Cl)C(=O)C1.[Na+]. The fraction of sp³-hybridized carbons (Fsp3) is 0.273. The number of aryl methyl sites for hydroxylation is 1. The third-order valence-corrected chi connectivity index (χ3v) is 3.74. The monoisotopic (exact) mass is 324 g/mol. The molecule has 1 aromatic carbocycles. The second-order valence-corrected chi connectivity index (χ2v) is 6.03. The molecule has 0 fully saturated rings. The van der Waals surface area contributed by atoms with Gasteiger partial charge in [0.25, 0.3) is 5.91 Å². The molecule has 0 N–H and O–H groups in total. The zero-order valence-electron chi connectivity index (χ0n) is 11.2. The number of nitrogens with zero attached hydrogens (tertiary/aromatic N) is 2. The van der Waals surface area contributed by atoms with Gasteiger partial charge in [0.1, 0.15) is 10.1 Å². The van der Waals surface area contributed by atoms with Crippen LogP contribution in [-0.2, 0) is 14.9 Å². The van der Waals surface area contributed by atoms with Crippen molar-refractivity contribution in [2.45, 2.75) is 25.2 Å². The molecule has 0 aromatic heterocycles. The minimum atomic E-state index is -4.59. The summed E-state index contributed by atoms with van der Waals surface area (Å²) in [6.45, 7) is 3.27. The first kappa shape index (κ1) is 17.6. The summed E-state index contributed by atoms with van der Waals surface area (Å²) >= 11 is 5.97. The van der Waals surface area contributed by atoms with E-state index in [1.54, 1.807) is 13.8 Å². The molecule has 1 aliphatic rings. The Hall–Kier alpha value is -0.440. The van der Waals surface area contributed by atoms with Gasteiger partial charge in [0, 0.05) is 5.71 Å². The summed E-state index contributed by atoms with van der Waals surface area (Å²) in [5.74, 6) is -0.250. The zero-order chi connectivity index (χ0) is 14.4. The van der Waals surface area contributed by atoms with Crippen LogP contribution in [0.1, 0.15) is 18.9 Å². The van der Waals surface area contributed by atoms with E-state index in [1.807, 2.05) is 0 Å². The summed E-state index contributed by atoms with van der Waals surface area (Å²) in [4.78, 5) is 11.3. The third-order valence-electron chi connectivity index (χ3n) is 2.64. The Balaban J connectivity index is 0.00000200. The third kappa shape index (κ3) is 3.41. The van der Waals surface area contributed by atoms with E-state index in [-0.39, 0.29) is 46.9 Å². The van der Waals surface area contributed by atoms with E-state index in [9.17, 15) is 17.8 Å². The molecule has 102 valence electrons. The summed E-state index contributed by atoms with van der Waals surface area (Å²) in [5, 5.41) is 5.18. The van der Waals surface area contributed by atoms with Gasteiger partial charge in [0.05, 0.1) is 22.0 Å².